The van der Waals surface area contributed by atoms with E-state index in [0.717, 1.165) is 59.4 Å². The van der Waals surface area contributed by atoms with Crippen molar-refractivity contribution in [3.05, 3.63) is 59.9 Å². The number of aromatic amines is 1. The summed E-state index contributed by atoms with van der Waals surface area (Å²) in [6.07, 6.45) is 9.65. The molecule has 1 saturated heterocycles. The fourth-order valence-corrected chi connectivity index (χ4v) is 5.02. The lowest BCUT2D eigenvalue weighted by molar-refractivity contribution is -0.147. The van der Waals surface area contributed by atoms with Gasteiger partial charge < -0.3 is 14.6 Å². The van der Waals surface area contributed by atoms with Crippen molar-refractivity contribution in [3.8, 4) is 16.9 Å². The van der Waals surface area contributed by atoms with Crippen molar-refractivity contribution in [2.24, 2.45) is 0 Å². The zero-order valence-electron chi connectivity index (χ0n) is 16.8. The molecule has 1 aromatic carbocycles. The van der Waals surface area contributed by atoms with E-state index in [1.54, 1.807) is 12.3 Å². The molecule has 3 aromatic rings. The van der Waals surface area contributed by atoms with Crippen LogP contribution in [0.2, 0.25) is 5.02 Å². The van der Waals surface area contributed by atoms with Gasteiger partial charge in [-0.1, -0.05) is 17.7 Å². The highest BCUT2D eigenvalue weighted by molar-refractivity contribution is 6.31. The summed E-state index contributed by atoms with van der Waals surface area (Å²) in [4.78, 5) is 23.1. The van der Waals surface area contributed by atoms with Gasteiger partial charge in [-0.25, -0.2) is 4.98 Å². The smallest absolute Gasteiger partial charge is 0.267 e. The number of benzene rings is 1. The summed E-state index contributed by atoms with van der Waals surface area (Å²) in [6.45, 7) is 5.48. The molecule has 0 spiro atoms. The van der Waals surface area contributed by atoms with E-state index in [2.05, 4.69) is 16.5 Å². The SMILES string of the molecule is C=CCC1(C(=O)N2CCCCC2)Cc2cc(Cl)cc(-c3ccnc4[nH]ccc34)c2O1. The Balaban J connectivity index is 1.60. The molecular formula is C24H24ClN3O2. The van der Waals surface area contributed by atoms with E-state index in [9.17, 15) is 4.79 Å². The molecule has 0 radical (unpaired) electrons. The molecule has 5 nitrogen and oxygen atoms in total. The predicted molar refractivity (Wildman–Crippen MR) is 119 cm³/mol. The first-order valence-electron chi connectivity index (χ1n) is 10.5. The third kappa shape index (κ3) is 3.08. The van der Waals surface area contributed by atoms with Crippen LogP contribution >= 0.6 is 11.6 Å². The molecule has 4 heterocycles. The number of fused-ring (bicyclic) bond motifs is 2. The number of likely N-dealkylation sites (tertiary alicyclic amines) is 1. The van der Waals surface area contributed by atoms with E-state index in [4.69, 9.17) is 16.3 Å². The number of amides is 1. The monoisotopic (exact) mass is 421 g/mol. The van der Waals surface area contributed by atoms with Gasteiger partial charge in [-0.2, -0.15) is 0 Å². The molecule has 2 aromatic heterocycles. The lowest BCUT2D eigenvalue weighted by Crippen LogP contribution is -2.53. The molecule has 1 atom stereocenters. The van der Waals surface area contributed by atoms with Crippen molar-refractivity contribution in [1.29, 1.82) is 0 Å². The van der Waals surface area contributed by atoms with Gasteiger partial charge in [0.1, 0.15) is 11.4 Å². The Bertz CT molecular complexity index is 1130. The predicted octanol–water partition coefficient (Wildman–Crippen LogP) is 5.15. The van der Waals surface area contributed by atoms with Crippen LogP contribution in [0.4, 0.5) is 0 Å². The highest BCUT2D eigenvalue weighted by Crippen LogP contribution is 2.47. The highest BCUT2D eigenvalue weighted by atomic mass is 35.5. The summed E-state index contributed by atoms with van der Waals surface area (Å²) in [5.41, 5.74) is 2.69. The van der Waals surface area contributed by atoms with Crippen LogP contribution in [-0.4, -0.2) is 39.5 Å². The Morgan fingerprint density at radius 1 is 1.27 bits per heavy atom. The first kappa shape index (κ1) is 19.2. The van der Waals surface area contributed by atoms with Crippen LogP contribution in [0.1, 0.15) is 31.2 Å². The van der Waals surface area contributed by atoms with Crippen LogP contribution in [0.5, 0.6) is 5.75 Å². The summed E-state index contributed by atoms with van der Waals surface area (Å²) in [6, 6.07) is 7.79. The number of aromatic nitrogens is 2. The van der Waals surface area contributed by atoms with Crippen molar-refractivity contribution < 1.29 is 9.53 Å². The largest absolute Gasteiger partial charge is 0.476 e. The Hall–Kier alpha value is -2.79. The van der Waals surface area contributed by atoms with Crippen molar-refractivity contribution in [2.45, 2.75) is 37.7 Å². The van der Waals surface area contributed by atoms with E-state index in [1.165, 1.54) is 6.42 Å². The average Bonchev–Trinajstić information content (AvgIpc) is 3.38. The molecule has 5 rings (SSSR count). The minimum Gasteiger partial charge on any atom is -0.476 e. The molecule has 0 saturated carbocycles. The maximum atomic E-state index is 13.6. The van der Waals surface area contributed by atoms with Gasteiger partial charge in [0.15, 0.2) is 5.60 Å². The van der Waals surface area contributed by atoms with Crippen molar-refractivity contribution >= 4 is 28.5 Å². The van der Waals surface area contributed by atoms with Crippen LogP contribution in [-0.2, 0) is 11.2 Å². The van der Waals surface area contributed by atoms with E-state index >= 15 is 0 Å². The average molecular weight is 422 g/mol. The number of rotatable bonds is 4. The Morgan fingerprint density at radius 3 is 2.90 bits per heavy atom. The van der Waals surface area contributed by atoms with Gasteiger partial charge in [0, 0.05) is 59.9 Å². The zero-order chi connectivity index (χ0) is 20.7. The molecule has 0 bridgehead atoms. The molecule has 2 aliphatic heterocycles. The van der Waals surface area contributed by atoms with Crippen LogP contribution in [0.3, 0.4) is 0 Å². The summed E-state index contributed by atoms with van der Waals surface area (Å²) in [5.74, 6) is 0.794. The minimum atomic E-state index is -0.953. The fraction of sp³-hybridized carbons (Fsp3) is 0.333. The molecule has 1 unspecified atom stereocenters. The van der Waals surface area contributed by atoms with Gasteiger partial charge in [0.2, 0.25) is 0 Å². The van der Waals surface area contributed by atoms with Crippen LogP contribution in [0, 0.1) is 0 Å². The van der Waals surface area contributed by atoms with E-state index < -0.39 is 5.60 Å². The first-order chi connectivity index (χ1) is 14.6. The topological polar surface area (TPSA) is 58.2 Å². The normalized spacial score (nSPS) is 20.8. The quantitative estimate of drug-likeness (QED) is 0.593. The lowest BCUT2D eigenvalue weighted by Gasteiger charge is -2.35. The lowest BCUT2D eigenvalue weighted by atomic mass is 9.90. The number of hydrogen-bond donors (Lipinski definition) is 1. The second kappa shape index (κ2) is 7.47. The summed E-state index contributed by atoms with van der Waals surface area (Å²) < 4.78 is 6.56. The van der Waals surface area contributed by atoms with Crippen molar-refractivity contribution in [2.75, 3.05) is 13.1 Å². The number of pyridine rings is 1. The summed E-state index contributed by atoms with van der Waals surface area (Å²) in [7, 11) is 0. The molecular weight excluding hydrogens is 398 g/mol. The molecule has 6 heteroatoms. The molecule has 0 aliphatic carbocycles. The Labute approximate surface area is 180 Å². The minimum absolute atomic E-state index is 0.0573. The van der Waals surface area contributed by atoms with Gasteiger partial charge in [-0.3, -0.25) is 4.79 Å². The number of piperidine rings is 1. The maximum absolute atomic E-state index is 13.6. The number of H-pyrrole nitrogens is 1. The third-order valence-corrected chi connectivity index (χ3v) is 6.38. The van der Waals surface area contributed by atoms with E-state index in [1.807, 2.05) is 35.4 Å². The molecule has 30 heavy (non-hydrogen) atoms. The van der Waals surface area contributed by atoms with Gasteiger partial charge in [-0.05, 0) is 49.1 Å². The van der Waals surface area contributed by atoms with E-state index in [0.29, 0.717) is 17.9 Å². The van der Waals surface area contributed by atoms with Crippen LogP contribution in [0.25, 0.3) is 22.2 Å². The number of hydrogen-bond acceptors (Lipinski definition) is 3. The van der Waals surface area contributed by atoms with Gasteiger partial charge in [0.05, 0.1) is 0 Å². The third-order valence-electron chi connectivity index (χ3n) is 6.16. The van der Waals surface area contributed by atoms with Gasteiger partial charge in [-0.15, -0.1) is 6.58 Å². The second-order valence-electron chi connectivity index (χ2n) is 8.16. The number of carbonyl (C=O) groups excluding carboxylic acids is 1. The standard InChI is InChI=1S/C24H24ClN3O2/c1-2-8-24(23(29)28-11-4-3-5-12-28)15-16-13-17(25)14-20(21(16)30-24)18-6-9-26-22-19(18)7-10-27-22/h2,6-7,9-10,13-14H,1,3-5,8,11-12,15H2,(H,26,27). The molecule has 1 N–H and O–H groups in total. The number of carbonyl (C=O) groups is 1. The summed E-state index contributed by atoms with van der Waals surface area (Å²) >= 11 is 6.51. The van der Waals surface area contributed by atoms with Crippen molar-refractivity contribution in [1.82, 2.24) is 14.9 Å². The van der Waals surface area contributed by atoms with Crippen LogP contribution < -0.4 is 4.74 Å². The number of nitrogens with zero attached hydrogens (tertiary/aromatic N) is 2. The fourth-order valence-electron chi connectivity index (χ4n) is 4.78. The van der Waals surface area contributed by atoms with Crippen molar-refractivity contribution in [3.63, 3.8) is 0 Å². The number of halogens is 1. The molecule has 154 valence electrons. The zero-order valence-corrected chi connectivity index (χ0v) is 17.5. The van der Waals surface area contributed by atoms with Gasteiger partial charge in [0.25, 0.3) is 5.91 Å². The Morgan fingerprint density at radius 2 is 2.10 bits per heavy atom. The molecule has 1 fully saturated rings. The summed E-state index contributed by atoms with van der Waals surface area (Å²) in [5, 5.41) is 1.63. The molecule has 2 aliphatic rings. The number of nitrogens with one attached hydrogen (secondary N) is 1. The maximum Gasteiger partial charge on any atom is 0.267 e. The number of ether oxygens (including phenoxy) is 1. The van der Waals surface area contributed by atoms with Crippen LogP contribution in [0.15, 0.2) is 49.3 Å². The van der Waals surface area contributed by atoms with Gasteiger partial charge >= 0.3 is 0 Å². The first-order valence-corrected chi connectivity index (χ1v) is 10.8. The van der Waals surface area contributed by atoms with E-state index in [-0.39, 0.29) is 5.91 Å². The Kier molecular flexibility index (Phi) is 4.78. The highest BCUT2D eigenvalue weighted by Gasteiger charge is 2.48. The molecule has 1 amide bonds. The second-order valence-corrected chi connectivity index (χ2v) is 8.60.